The van der Waals surface area contributed by atoms with Gasteiger partial charge in [-0.2, -0.15) is 0 Å². The van der Waals surface area contributed by atoms with Crippen LogP contribution in [0, 0.1) is 6.92 Å². The van der Waals surface area contributed by atoms with E-state index in [1.165, 1.54) is 12.1 Å². The Balaban J connectivity index is 1.78. The molecule has 1 aliphatic rings. The van der Waals surface area contributed by atoms with Gasteiger partial charge in [-0.05, 0) is 25.1 Å². The third-order valence-corrected chi connectivity index (χ3v) is 4.96. The van der Waals surface area contributed by atoms with Crippen molar-refractivity contribution in [3.8, 4) is 11.5 Å². The molecular weight excluding hydrogens is 344 g/mol. The smallest absolute Gasteiger partial charge is 0.241 e. The summed E-state index contributed by atoms with van der Waals surface area (Å²) < 4.78 is 38.5. The van der Waals surface area contributed by atoms with Gasteiger partial charge >= 0.3 is 0 Å². The van der Waals surface area contributed by atoms with Crippen LogP contribution < -0.4 is 19.1 Å². The molecule has 0 spiro atoms. The lowest BCUT2D eigenvalue weighted by Crippen LogP contribution is -2.25. The normalized spacial score (nSPS) is 13.6. The maximum absolute atomic E-state index is 12.5. The van der Waals surface area contributed by atoms with Crippen LogP contribution in [0.2, 0.25) is 0 Å². The first-order chi connectivity index (χ1) is 11.8. The molecule has 0 radical (unpaired) electrons. The Morgan fingerprint density at radius 1 is 1.12 bits per heavy atom. The maximum Gasteiger partial charge on any atom is 0.241 e. The molecule has 0 amide bonds. The summed E-state index contributed by atoms with van der Waals surface area (Å²) in [6.45, 7) is 2.77. The van der Waals surface area contributed by atoms with E-state index in [0.717, 1.165) is 5.69 Å². The number of fused-ring (bicyclic) bond motifs is 1. The number of nitrogens with zero attached hydrogens (tertiary/aromatic N) is 3. The van der Waals surface area contributed by atoms with Gasteiger partial charge in [0.1, 0.15) is 13.2 Å². The summed E-state index contributed by atoms with van der Waals surface area (Å²) in [5.74, 6) is 1.52. The fourth-order valence-electron chi connectivity index (χ4n) is 2.35. The molecule has 3 rings (SSSR count). The summed E-state index contributed by atoms with van der Waals surface area (Å²) >= 11 is 0. The third-order valence-electron chi connectivity index (χ3n) is 3.56. The summed E-state index contributed by atoms with van der Waals surface area (Å²) in [6, 6.07) is 6.31. The molecule has 1 aromatic carbocycles. The van der Waals surface area contributed by atoms with E-state index in [2.05, 4.69) is 14.7 Å². The largest absolute Gasteiger partial charge is 0.486 e. The molecule has 1 aliphatic heterocycles. The molecule has 0 fully saturated rings. The highest BCUT2D eigenvalue weighted by atomic mass is 32.2. The average Bonchev–Trinajstić information content (AvgIpc) is 2.59. The standard InChI is InChI=1S/C16H20N4O4S/c1-11-8-12(19-16(18-11)20(2)3)10-17-25(21,22)13-4-5-14-15(9-13)24-7-6-23-14/h4-5,8-9,17H,6-7,10H2,1-3H3. The molecule has 2 heterocycles. The van der Waals surface area contributed by atoms with Crippen molar-refractivity contribution in [1.82, 2.24) is 14.7 Å². The van der Waals surface area contributed by atoms with E-state index in [1.54, 1.807) is 17.0 Å². The van der Waals surface area contributed by atoms with Gasteiger partial charge in [0.2, 0.25) is 16.0 Å². The summed E-state index contributed by atoms with van der Waals surface area (Å²) in [4.78, 5) is 10.5. The van der Waals surface area contributed by atoms with E-state index in [9.17, 15) is 8.42 Å². The Labute approximate surface area is 146 Å². The van der Waals surface area contributed by atoms with Crippen LogP contribution in [-0.4, -0.2) is 45.7 Å². The molecule has 0 bridgehead atoms. The number of aryl methyl sites for hydroxylation is 1. The number of sulfonamides is 1. The molecule has 1 N–H and O–H groups in total. The van der Waals surface area contributed by atoms with E-state index in [0.29, 0.717) is 36.4 Å². The van der Waals surface area contributed by atoms with Crippen molar-refractivity contribution in [2.75, 3.05) is 32.2 Å². The molecule has 9 heteroatoms. The Bertz CT molecular complexity index is 884. The highest BCUT2D eigenvalue weighted by Gasteiger charge is 2.19. The number of aromatic nitrogens is 2. The summed E-state index contributed by atoms with van der Waals surface area (Å²) in [5, 5.41) is 0. The van der Waals surface area contributed by atoms with Crippen LogP contribution in [0.1, 0.15) is 11.4 Å². The zero-order valence-electron chi connectivity index (χ0n) is 14.3. The number of nitrogens with one attached hydrogen (secondary N) is 1. The van der Waals surface area contributed by atoms with Crippen LogP contribution in [0.3, 0.4) is 0 Å². The first-order valence-corrected chi connectivity index (χ1v) is 9.25. The van der Waals surface area contributed by atoms with E-state index in [4.69, 9.17) is 9.47 Å². The van der Waals surface area contributed by atoms with Crippen LogP contribution in [0.4, 0.5) is 5.95 Å². The minimum atomic E-state index is -3.70. The quantitative estimate of drug-likeness (QED) is 0.849. The van der Waals surface area contributed by atoms with Crippen molar-refractivity contribution < 1.29 is 17.9 Å². The number of rotatable bonds is 5. The van der Waals surface area contributed by atoms with Crippen molar-refractivity contribution in [1.29, 1.82) is 0 Å². The second kappa shape index (κ2) is 6.85. The van der Waals surface area contributed by atoms with E-state index in [-0.39, 0.29) is 11.4 Å². The second-order valence-electron chi connectivity index (χ2n) is 5.83. The van der Waals surface area contributed by atoms with Crippen molar-refractivity contribution in [2.45, 2.75) is 18.4 Å². The van der Waals surface area contributed by atoms with Gasteiger partial charge in [0.05, 0.1) is 17.1 Å². The van der Waals surface area contributed by atoms with Crippen LogP contribution in [0.15, 0.2) is 29.2 Å². The van der Waals surface area contributed by atoms with Gasteiger partial charge in [0.25, 0.3) is 0 Å². The molecule has 2 aromatic rings. The lowest BCUT2D eigenvalue weighted by atomic mass is 10.3. The van der Waals surface area contributed by atoms with Gasteiger partial charge in [0, 0.05) is 25.9 Å². The molecule has 0 saturated carbocycles. The van der Waals surface area contributed by atoms with Crippen LogP contribution in [0.25, 0.3) is 0 Å². The topological polar surface area (TPSA) is 93.7 Å². The predicted molar refractivity (Wildman–Crippen MR) is 92.6 cm³/mol. The average molecular weight is 364 g/mol. The SMILES string of the molecule is Cc1cc(CNS(=O)(=O)c2ccc3c(c2)OCCO3)nc(N(C)C)n1. The van der Waals surface area contributed by atoms with Crippen LogP contribution >= 0.6 is 0 Å². The fourth-order valence-corrected chi connectivity index (χ4v) is 3.36. The lowest BCUT2D eigenvalue weighted by Gasteiger charge is -2.19. The highest BCUT2D eigenvalue weighted by molar-refractivity contribution is 7.89. The first-order valence-electron chi connectivity index (χ1n) is 7.76. The van der Waals surface area contributed by atoms with E-state index < -0.39 is 10.0 Å². The summed E-state index contributed by atoms with van der Waals surface area (Å²) in [5.41, 5.74) is 1.37. The summed E-state index contributed by atoms with van der Waals surface area (Å²) in [7, 11) is -0.0349. The number of benzene rings is 1. The van der Waals surface area contributed by atoms with Crippen molar-refractivity contribution >= 4 is 16.0 Å². The molecule has 8 nitrogen and oxygen atoms in total. The second-order valence-corrected chi connectivity index (χ2v) is 7.59. The molecule has 0 saturated heterocycles. The van der Waals surface area contributed by atoms with Crippen LogP contribution in [0.5, 0.6) is 11.5 Å². The zero-order valence-corrected chi connectivity index (χ0v) is 15.1. The number of ether oxygens (including phenoxy) is 2. The number of hydrogen-bond acceptors (Lipinski definition) is 7. The van der Waals surface area contributed by atoms with Gasteiger partial charge in [-0.25, -0.2) is 23.1 Å². The molecule has 0 unspecified atom stereocenters. The van der Waals surface area contributed by atoms with E-state index in [1.807, 2.05) is 21.0 Å². The molecule has 0 aliphatic carbocycles. The van der Waals surface area contributed by atoms with Crippen molar-refractivity contribution in [3.05, 3.63) is 35.7 Å². The molecule has 134 valence electrons. The minimum absolute atomic E-state index is 0.0704. The number of hydrogen-bond donors (Lipinski definition) is 1. The summed E-state index contributed by atoms with van der Waals surface area (Å²) in [6.07, 6.45) is 0. The van der Waals surface area contributed by atoms with Crippen molar-refractivity contribution in [2.24, 2.45) is 0 Å². The van der Waals surface area contributed by atoms with Crippen LogP contribution in [-0.2, 0) is 16.6 Å². The highest BCUT2D eigenvalue weighted by Crippen LogP contribution is 2.32. The lowest BCUT2D eigenvalue weighted by molar-refractivity contribution is 0.171. The molecular formula is C16H20N4O4S. The van der Waals surface area contributed by atoms with Gasteiger partial charge in [-0.1, -0.05) is 0 Å². The van der Waals surface area contributed by atoms with Gasteiger partial charge in [-0.3, -0.25) is 0 Å². The Morgan fingerprint density at radius 2 is 1.84 bits per heavy atom. The predicted octanol–water partition coefficient (Wildman–Crippen LogP) is 1.10. The minimum Gasteiger partial charge on any atom is -0.486 e. The fraction of sp³-hybridized carbons (Fsp3) is 0.375. The third kappa shape index (κ3) is 3.99. The molecule has 1 aromatic heterocycles. The van der Waals surface area contributed by atoms with Gasteiger partial charge in [-0.15, -0.1) is 0 Å². The maximum atomic E-state index is 12.5. The Morgan fingerprint density at radius 3 is 2.56 bits per heavy atom. The Kier molecular flexibility index (Phi) is 4.78. The first kappa shape index (κ1) is 17.4. The van der Waals surface area contributed by atoms with Crippen molar-refractivity contribution in [3.63, 3.8) is 0 Å². The molecule has 25 heavy (non-hydrogen) atoms. The van der Waals surface area contributed by atoms with Gasteiger partial charge in [0.15, 0.2) is 11.5 Å². The zero-order chi connectivity index (χ0) is 18.0. The Hall–Kier alpha value is -2.39. The van der Waals surface area contributed by atoms with Gasteiger partial charge < -0.3 is 14.4 Å². The molecule has 0 atom stereocenters. The van der Waals surface area contributed by atoms with E-state index >= 15 is 0 Å². The monoisotopic (exact) mass is 364 g/mol. The number of anilines is 1.